The van der Waals surface area contributed by atoms with Gasteiger partial charge in [0.25, 0.3) is 5.56 Å². The second-order valence-electron chi connectivity index (χ2n) is 6.05. The Morgan fingerprint density at radius 3 is 2.85 bits per heavy atom. The minimum atomic E-state index is -0.346. The number of anilines is 1. The first-order chi connectivity index (χ1) is 13.2. The van der Waals surface area contributed by atoms with Gasteiger partial charge in [-0.05, 0) is 29.8 Å². The standard InChI is InChI=1S/C19H16N6O2/c26-18(12-25-19(27)16-6-1-2-7-17(16)22-23-25)21-15-5-3-4-14(10-15)11-24-9-8-20-13-24/h1-10,13H,11-12H2,(H,21,26). The molecule has 0 spiro atoms. The van der Waals surface area contributed by atoms with Crippen molar-refractivity contribution in [3.05, 3.63) is 83.2 Å². The summed E-state index contributed by atoms with van der Waals surface area (Å²) in [6.45, 7) is 0.446. The molecule has 1 N–H and O–H groups in total. The van der Waals surface area contributed by atoms with Crippen LogP contribution in [0.1, 0.15) is 5.56 Å². The second-order valence-corrected chi connectivity index (χ2v) is 6.05. The van der Waals surface area contributed by atoms with Gasteiger partial charge < -0.3 is 9.88 Å². The van der Waals surface area contributed by atoms with Crippen LogP contribution in [0.2, 0.25) is 0 Å². The maximum Gasteiger partial charge on any atom is 0.278 e. The number of fused-ring (bicyclic) bond motifs is 1. The van der Waals surface area contributed by atoms with Gasteiger partial charge in [0.1, 0.15) is 12.1 Å². The quantitative estimate of drug-likeness (QED) is 0.584. The van der Waals surface area contributed by atoms with Gasteiger partial charge in [0.05, 0.1) is 11.7 Å². The van der Waals surface area contributed by atoms with Crippen LogP contribution in [0.5, 0.6) is 0 Å². The highest BCUT2D eigenvalue weighted by Crippen LogP contribution is 2.12. The summed E-state index contributed by atoms with van der Waals surface area (Å²) in [5, 5.41) is 11.0. The van der Waals surface area contributed by atoms with E-state index in [2.05, 4.69) is 20.6 Å². The number of hydrogen-bond acceptors (Lipinski definition) is 5. The summed E-state index contributed by atoms with van der Waals surface area (Å²) in [6, 6.07) is 14.4. The lowest BCUT2D eigenvalue weighted by molar-refractivity contribution is -0.117. The predicted molar refractivity (Wildman–Crippen MR) is 100 cm³/mol. The number of carbonyl (C=O) groups excluding carboxylic acids is 1. The molecule has 2 heterocycles. The van der Waals surface area contributed by atoms with Gasteiger partial charge in [0, 0.05) is 24.6 Å². The molecule has 4 rings (SSSR count). The lowest BCUT2D eigenvalue weighted by Gasteiger charge is -2.09. The van der Waals surface area contributed by atoms with Gasteiger partial charge in [-0.15, -0.1) is 5.10 Å². The van der Waals surface area contributed by atoms with E-state index in [4.69, 9.17) is 0 Å². The Morgan fingerprint density at radius 1 is 1.11 bits per heavy atom. The van der Waals surface area contributed by atoms with Crippen molar-refractivity contribution in [1.29, 1.82) is 0 Å². The monoisotopic (exact) mass is 360 g/mol. The molecule has 0 radical (unpaired) electrons. The number of imidazole rings is 1. The summed E-state index contributed by atoms with van der Waals surface area (Å²) in [4.78, 5) is 28.8. The van der Waals surface area contributed by atoms with Crippen LogP contribution >= 0.6 is 0 Å². The number of carbonyl (C=O) groups is 1. The summed E-state index contributed by atoms with van der Waals surface area (Å²) in [7, 11) is 0. The summed E-state index contributed by atoms with van der Waals surface area (Å²) in [5.74, 6) is -0.346. The van der Waals surface area contributed by atoms with E-state index in [1.165, 1.54) is 0 Å². The van der Waals surface area contributed by atoms with Crippen molar-refractivity contribution in [1.82, 2.24) is 24.5 Å². The molecule has 1 amide bonds. The summed E-state index contributed by atoms with van der Waals surface area (Å²) < 4.78 is 3.00. The van der Waals surface area contributed by atoms with Crippen LogP contribution in [0, 0.1) is 0 Å². The Labute approximate surface area is 154 Å². The number of aromatic nitrogens is 5. The predicted octanol–water partition coefficient (Wildman–Crippen LogP) is 1.67. The summed E-state index contributed by atoms with van der Waals surface area (Å²) in [5.41, 5.74) is 1.84. The maximum atomic E-state index is 12.4. The molecule has 2 aromatic carbocycles. The Hall–Kier alpha value is -3.81. The van der Waals surface area contributed by atoms with Crippen LogP contribution in [-0.2, 0) is 17.9 Å². The first-order valence-corrected chi connectivity index (χ1v) is 8.36. The molecule has 134 valence electrons. The first kappa shape index (κ1) is 16.6. The van der Waals surface area contributed by atoms with Crippen LogP contribution in [0.15, 0.2) is 72.0 Å². The van der Waals surface area contributed by atoms with Crippen molar-refractivity contribution in [2.75, 3.05) is 5.32 Å². The lowest BCUT2D eigenvalue weighted by atomic mass is 10.2. The smallest absolute Gasteiger partial charge is 0.278 e. The fraction of sp³-hybridized carbons (Fsp3) is 0.105. The van der Waals surface area contributed by atoms with E-state index in [0.717, 1.165) is 10.2 Å². The summed E-state index contributed by atoms with van der Waals surface area (Å²) >= 11 is 0. The summed E-state index contributed by atoms with van der Waals surface area (Å²) in [6.07, 6.45) is 5.32. The molecular weight excluding hydrogens is 344 g/mol. The highest BCUT2D eigenvalue weighted by Gasteiger charge is 2.10. The minimum absolute atomic E-state index is 0.206. The topological polar surface area (TPSA) is 94.7 Å². The third-order valence-electron chi connectivity index (χ3n) is 4.06. The van der Waals surface area contributed by atoms with Gasteiger partial charge in [-0.3, -0.25) is 9.59 Å². The molecule has 27 heavy (non-hydrogen) atoms. The molecule has 2 aromatic heterocycles. The molecule has 0 aliphatic heterocycles. The highest BCUT2D eigenvalue weighted by atomic mass is 16.2. The van der Waals surface area contributed by atoms with Crippen molar-refractivity contribution in [3.8, 4) is 0 Å². The van der Waals surface area contributed by atoms with E-state index in [9.17, 15) is 9.59 Å². The third kappa shape index (κ3) is 3.74. The molecule has 0 saturated heterocycles. The fourth-order valence-corrected chi connectivity index (χ4v) is 2.80. The molecule has 0 aliphatic carbocycles. The van der Waals surface area contributed by atoms with Gasteiger partial charge in [0.15, 0.2) is 0 Å². The van der Waals surface area contributed by atoms with E-state index in [1.54, 1.807) is 42.9 Å². The largest absolute Gasteiger partial charge is 0.333 e. The molecule has 4 aromatic rings. The van der Waals surface area contributed by atoms with Crippen LogP contribution in [-0.4, -0.2) is 30.5 Å². The van der Waals surface area contributed by atoms with Gasteiger partial charge in [-0.1, -0.05) is 29.5 Å². The third-order valence-corrected chi connectivity index (χ3v) is 4.06. The minimum Gasteiger partial charge on any atom is -0.333 e. The molecular formula is C19H16N6O2. The molecule has 0 fully saturated rings. The molecule has 0 atom stereocenters. The molecule has 0 saturated carbocycles. The fourth-order valence-electron chi connectivity index (χ4n) is 2.80. The zero-order valence-corrected chi connectivity index (χ0v) is 14.3. The number of nitrogens with one attached hydrogen (secondary N) is 1. The molecule has 0 unspecified atom stereocenters. The first-order valence-electron chi connectivity index (χ1n) is 8.36. The highest BCUT2D eigenvalue weighted by molar-refractivity contribution is 5.90. The van der Waals surface area contributed by atoms with Crippen molar-refractivity contribution in [3.63, 3.8) is 0 Å². The van der Waals surface area contributed by atoms with Gasteiger partial charge in [0.2, 0.25) is 5.91 Å². The van der Waals surface area contributed by atoms with Crippen molar-refractivity contribution < 1.29 is 4.79 Å². The zero-order chi connectivity index (χ0) is 18.6. The Morgan fingerprint density at radius 2 is 2.00 bits per heavy atom. The van der Waals surface area contributed by atoms with Gasteiger partial charge in [-0.25, -0.2) is 9.67 Å². The zero-order valence-electron chi connectivity index (χ0n) is 14.3. The van der Waals surface area contributed by atoms with Crippen LogP contribution in [0.25, 0.3) is 10.9 Å². The normalized spacial score (nSPS) is 10.8. The number of amides is 1. The van der Waals surface area contributed by atoms with Crippen LogP contribution in [0.3, 0.4) is 0 Å². The van der Waals surface area contributed by atoms with Crippen LogP contribution in [0.4, 0.5) is 5.69 Å². The van der Waals surface area contributed by atoms with Crippen molar-refractivity contribution in [2.24, 2.45) is 0 Å². The van der Waals surface area contributed by atoms with E-state index in [-0.39, 0.29) is 18.0 Å². The van der Waals surface area contributed by atoms with Crippen molar-refractivity contribution in [2.45, 2.75) is 13.1 Å². The Balaban J connectivity index is 1.48. The lowest BCUT2D eigenvalue weighted by Crippen LogP contribution is -2.30. The van der Waals surface area contributed by atoms with Crippen molar-refractivity contribution >= 4 is 22.5 Å². The van der Waals surface area contributed by atoms with Gasteiger partial charge in [-0.2, -0.15) is 0 Å². The Kier molecular flexibility index (Phi) is 4.44. The van der Waals surface area contributed by atoms with E-state index in [1.807, 2.05) is 29.0 Å². The molecule has 0 bridgehead atoms. The van der Waals surface area contributed by atoms with E-state index >= 15 is 0 Å². The molecule has 0 aliphatic rings. The maximum absolute atomic E-state index is 12.4. The van der Waals surface area contributed by atoms with E-state index in [0.29, 0.717) is 23.1 Å². The molecule has 8 nitrogen and oxygen atoms in total. The SMILES string of the molecule is O=C(Cn1nnc2ccccc2c1=O)Nc1cccc(Cn2ccnc2)c1. The molecule has 8 heteroatoms. The van der Waals surface area contributed by atoms with Gasteiger partial charge >= 0.3 is 0 Å². The second kappa shape index (κ2) is 7.20. The number of nitrogens with zero attached hydrogens (tertiary/aromatic N) is 5. The average molecular weight is 360 g/mol. The number of benzene rings is 2. The number of hydrogen-bond donors (Lipinski definition) is 1. The Bertz CT molecular complexity index is 1150. The van der Waals surface area contributed by atoms with E-state index < -0.39 is 0 Å². The number of rotatable bonds is 5. The van der Waals surface area contributed by atoms with Crippen LogP contribution < -0.4 is 10.9 Å². The average Bonchev–Trinajstić information content (AvgIpc) is 3.17.